The third-order valence-corrected chi connectivity index (χ3v) is 4.41. The van der Waals surface area contributed by atoms with Gasteiger partial charge < -0.3 is 15.7 Å². The number of nitrogens with one attached hydrogen (secondary N) is 2. The molecule has 1 aliphatic carbocycles. The largest absolute Gasteiger partial charge is 0.394 e. The van der Waals surface area contributed by atoms with E-state index < -0.39 is 24.2 Å². The van der Waals surface area contributed by atoms with Crippen molar-refractivity contribution in [3.63, 3.8) is 0 Å². The van der Waals surface area contributed by atoms with Crippen LogP contribution in [0.3, 0.4) is 0 Å². The number of benzene rings is 1. The van der Waals surface area contributed by atoms with Crippen molar-refractivity contribution >= 4 is 6.03 Å². The molecule has 0 aliphatic heterocycles. The second-order valence-electron chi connectivity index (χ2n) is 6.28. The average molecular weight is 344 g/mol. The smallest absolute Gasteiger partial charge is 0.391 e. The molecule has 0 saturated heterocycles. The molecule has 0 heterocycles. The predicted molar refractivity (Wildman–Crippen MR) is 84.5 cm³/mol. The lowest BCUT2D eigenvalue weighted by Crippen LogP contribution is -2.49. The fraction of sp³-hybridized carbons (Fsp3) is 0.588. The molecule has 0 unspecified atom stereocenters. The molecule has 0 spiro atoms. The highest BCUT2D eigenvalue weighted by atomic mass is 19.4. The maximum atomic E-state index is 12.6. The SMILES string of the molecule is O=C(NC1CCC(C(F)(F)F)CC1)N[C@H](CO)Cc1ccccc1. The van der Waals surface area contributed by atoms with Gasteiger partial charge in [0.15, 0.2) is 0 Å². The van der Waals surface area contributed by atoms with E-state index >= 15 is 0 Å². The van der Waals surface area contributed by atoms with Gasteiger partial charge in [-0.05, 0) is 37.7 Å². The fourth-order valence-electron chi connectivity index (χ4n) is 3.04. The molecule has 3 N–H and O–H groups in total. The summed E-state index contributed by atoms with van der Waals surface area (Å²) in [6.45, 7) is -0.205. The number of carbonyl (C=O) groups excluding carboxylic acids is 1. The lowest BCUT2D eigenvalue weighted by atomic mass is 9.85. The van der Waals surface area contributed by atoms with Crippen LogP contribution in [0.4, 0.5) is 18.0 Å². The Bertz CT molecular complexity index is 514. The third kappa shape index (κ3) is 5.70. The third-order valence-electron chi connectivity index (χ3n) is 4.41. The molecule has 7 heteroatoms. The number of carbonyl (C=O) groups is 1. The van der Waals surface area contributed by atoms with E-state index in [1.54, 1.807) is 0 Å². The summed E-state index contributed by atoms with van der Waals surface area (Å²) in [6.07, 6.45) is -2.93. The molecular formula is C17H23F3N2O2. The molecule has 1 aromatic rings. The van der Waals surface area contributed by atoms with Gasteiger partial charge in [-0.25, -0.2) is 4.79 Å². The van der Waals surface area contributed by atoms with Gasteiger partial charge in [0.2, 0.25) is 0 Å². The van der Waals surface area contributed by atoms with Crippen molar-refractivity contribution in [2.45, 2.75) is 50.4 Å². The summed E-state index contributed by atoms with van der Waals surface area (Å²) in [7, 11) is 0. The molecule has 1 saturated carbocycles. The summed E-state index contributed by atoms with van der Waals surface area (Å²) in [5.41, 5.74) is 0.988. The van der Waals surface area contributed by atoms with Gasteiger partial charge in [-0.1, -0.05) is 30.3 Å². The molecule has 2 rings (SSSR count). The van der Waals surface area contributed by atoms with Gasteiger partial charge in [0.1, 0.15) is 0 Å². The minimum Gasteiger partial charge on any atom is -0.394 e. The zero-order valence-electron chi connectivity index (χ0n) is 13.4. The average Bonchev–Trinajstić information content (AvgIpc) is 2.54. The van der Waals surface area contributed by atoms with Gasteiger partial charge in [0, 0.05) is 6.04 Å². The summed E-state index contributed by atoms with van der Waals surface area (Å²) in [5, 5.41) is 14.8. The fourth-order valence-corrected chi connectivity index (χ4v) is 3.04. The number of aliphatic hydroxyl groups excluding tert-OH is 1. The lowest BCUT2D eigenvalue weighted by molar-refractivity contribution is -0.182. The van der Waals surface area contributed by atoms with E-state index in [2.05, 4.69) is 10.6 Å². The normalized spacial score (nSPS) is 22.7. The van der Waals surface area contributed by atoms with Gasteiger partial charge in [-0.15, -0.1) is 0 Å². The number of aliphatic hydroxyl groups is 1. The summed E-state index contributed by atoms with van der Waals surface area (Å²) >= 11 is 0. The van der Waals surface area contributed by atoms with Crippen LogP contribution in [-0.2, 0) is 6.42 Å². The topological polar surface area (TPSA) is 61.4 Å². The van der Waals surface area contributed by atoms with E-state index in [0.29, 0.717) is 19.3 Å². The Labute approximate surface area is 139 Å². The van der Waals surface area contributed by atoms with E-state index in [0.717, 1.165) is 5.56 Å². The Morgan fingerprint density at radius 3 is 2.33 bits per heavy atom. The number of hydrogen-bond acceptors (Lipinski definition) is 2. The van der Waals surface area contributed by atoms with E-state index in [1.807, 2.05) is 30.3 Å². The zero-order chi connectivity index (χ0) is 17.6. The van der Waals surface area contributed by atoms with Crippen LogP contribution in [0.25, 0.3) is 0 Å². The first-order valence-corrected chi connectivity index (χ1v) is 8.17. The standard InChI is InChI=1S/C17H23F3N2O2/c18-17(19,20)13-6-8-14(9-7-13)21-16(24)22-15(11-23)10-12-4-2-1-3-5-12/h1-5,13-15,23H,6-11H2,(H2,21,22,24)/t13?,14?,15-/m0/s1. The van der Waals surface area contributed by atoms with Crippen LogP contribution in [0, 0.1) is 5.92 Å². The highest BCUT2D eigenvalue weighted by molar-refractivity contribution is 5.74. The summed E-state index contributed by atoms with van der Waals surface area (Å²) in [6, 6.07) is 8.32. The Hall–Kier alpha value is -1.76. The van der Waals surface area contributed by atoms with Crippen LogP contribution in [0.5, 0.6) is 0 Å². The van der Waals surface area contributed by atoms with Crippen molar-refractivity contribution in [1.29, 1.82) is 0 Å². The maximum absolute atomic E-state index is 12.6. The predicted octanol–water partition coefficient (Wildman–Crippen LogP) is 3.01. The first kappa shape index (κ1) is 18.6. The van der Waals surface area contributed by atoms with Crippen LogP contribution >= 0.6 is 0 Å². The van der Waals surface area contributed by atoms with Crippen molar-refractivity contribution in [3.05, 3.63) is 35.9 Å². The van der Waals surface area contributed by atoms with E-state index in [9.17, 15) is 23.1 Å². The van der Waals surface area contributed by atoms with Gasteiger partial charge in [-0.3, -0.25) is 0 Å². The minimum absolute atomic E-state index is 0.0435. The molecule has 0 radical (unpaired) electrons. The van der Waals surface area contributed by atoms with E-state index in [1.165, 1.54) is 0 Å². The van der Waals surface area contributed by atoms with Crippen molar-refractivity contribution in [2.24, 2.45) is 5.92 Å². The van der Waals surface area contributed by atoms with Gasteiger partial charge >= 0.3 is 12.2 Å². The molecule has 1 aromatic carbocycles. The Balaban J connectivity index is 1.76. The molecule has 1 fully saturated rings. The van der Waals surface area contributed by atoms with Crippen molar-refractivity contribution in [3.8, 4) is 0 Å². The summed E-state index contributed by atoms with van der Waals surface area (Å²) in [5.74, 6) is -1.26. The molecular weight excluding hydrogens is 321 g/mol. The van der Waals surface area contributed by atoms with Crippen molar-refractivity contribution < 1.29 is 23.1 Å². The zero-order valence-corrected chi connectivity index (χ0v) is 13.4. The summed E-state index contributed by atoms with van der Waals surface area (Å²) in [4.78, 5) is 12.0. The number of urea groups is 1. The Morgan fingerprint density at radius 2 is 1.79 bits per heavy atom. The number of rotatable bonds is 5. The molecule has 134 valence electrons. The molecule has 1 atom stereocenters. The monoisotopic (exact) mass is 344 g/mol. The molecule has 0 aromatic heterocycles. The summed E-state index contributed by atoms with van der Waals surface area (Å²) < 4.78 is 37.9. The van der Waals surface area contributed by atoms with Crippen LogP contribution < -0.4 is 10.6 Å². The van der Waals surface area contributed by atoms with Gasteiger partial charge in [0.25, 0.3) is 0 Å². The van der Waals surface area contributed by atoms with Crippen LogP contribution in [0.15, 0.2) is 30.3 Å². The first-order chi connectivity index (χ1) is 11.4. The second kappa shape index (κ2) is 8.37. The maximum Gasteiger partial charge on any atom is 0.391 e. The second-order valence-corrected chi connectivity index (χ2v) is 6.28. The quantitative estimate of drug-likeness (QED) is 0.769. The molecule has 2 amide bonds. The number of halogens is 3. The number of alkyl halides is 3. The lowest BCUT2D eigenvalue weighted by Gasteiger charge is -2.30. The Kier molecular flexibility index (Phi) is 6.48. The number of hydrogen-bond donors (Lipinski definition) is 3. The van der Waals surface area contributed by atoms with Crippen LogP contribution in [0.1, 0.15) is 31.2 Å². The molecule has 0 bridgehead atoms. The Morgan fingerprint density at radius 1 is 1.17 bits per heavy atom. The van der Waals surface area contributed by atoms with Crippen LogP contribution in [-0.4, -0.2) is 36.0 Å². The van der Waals surface area contributed by atoms with Crippen molar-refractivity contribution in [2.75, 3.05) is 6.61 Å². The first-order valence-electron chi connectivity index (χ1n) is 8.17. The van der Waals surface area contributed by atoms with Crippen LogP contribution in [0.2, 0.25) is 0 Å². The van der Waals surface area contributed by atoms with Crippen molar-refractivity contribution in [1.82, 2.24) is 10.6 Å². The molecule has 4 nitrogen and oxygen atoms in total. The van der Waals surface area contributed by atoms with E-state index in [4.69, 9.17) is 0 Å². The van der Waals surface area contributed by atoms with Gasteiger partial charge in [-0.2, -0.15) is 13.2 Å². The minimum atomic E-state index is -4.15. The highest BCUT2D eigenvalue weighted by Crippen LogP contribution is 2.37. The highest BCUT2D eigenvalue weighted by Gasteiger charge is 2.41. The molecule has 1 aliphatic rings. The van der Waals surface area contributed by atoms with Gasteiger partial charge in [0.05, 0.1) is 18.6 Å². The molecule has 24 heavy (non-hydrogen) atoms. The van der Waals surface area contributed by atoms with E-state index in [-0.39, 0.29) is 25.5 Å². The number of amides is 2.